The second-order valence-corrected chi connectivity index (χ2v) is 5.58. The maximum absolute atomic E-state index is 11.8. The molecule has 1 heterocycles. The van der Waals surface area contributed by atoms with Crippen molar-refractivity contribution in [3.8, 4) is 0 Å². The number of urea groups is 1. The van der Waals surface area contributed by atoms with Crippen molar-refractivity contribution >= 4 is 12.0 Å². The summed E-state index contributed by atoms with van der Waals surface area (Å²) in [7, 11) is 4.05. The van der Waals surface area contributed by atoms with E-state index in [9.17, 15) is 9.59 Å². The largest absolute Gasteiger partial charge is 0.475 e. The third-order valence-corrected chi connectivity index (χ3v) is 4.11. The molecule has 3 N–H and O–H groups in total. The van der Waals surface area contributed by atoms with Crippen LogP contribution in [0.3, 0.4) is 0 Å². The molecule has 0 spiro atoms. The number of carboxylic acid groups (broad SMARTS) is 1. The molecule has 1 aromatic rings. The highest BCUT2D eigenvalue weighted by Crippen LogP contribution is 2.35. The van der Waals surface area contributed by atoms with Crippen LogP contribution in [0.5, 0.6) is 0 Å². The Morgan fingerprint density at radius 2 is 2.05 bits per heavy atom. The Hall–Kier alpha value is -2.02. The van der Waals surface area contributed by atoms with Crippen LogP contribution in [0.1, 0.15) is 35.6 Å². The molecule has 2 rings (SSSR count). The molecule has 1 aromatic heterocycles. The standard InChI is InChI=1S/C14H21N3O4/c1-17(2)14(6-3-7-14)9-16-13(20)15-8-10-4-5-11(21-10)12(18)19/h4-5H,3,6-9H2,1-2H3,(H,18,19)(H2,15,16,20). The van der Waals surface area contributed by atoms with Crippen LogP contribution in [0.25, 0.3) is 0 Å². The van der Waals surface area contributed by atoms with Crippen LogP contribution in [0.15, 0.2) is 16.5 Å². The molecular weight excluding hydrogens is 274 g/mol. The second kappa shape index (κ2) is 6.17. The normalized spacial score (nSPS) is 16.3. The summed E-state index contributed by atoms with van der Waals surface area (Å²) in [6.07, 6.45) is 3.35. The Bertz CT molecular complexity index is 520. The van der Waals surface area contributed by atoms with Gasteiger partial charge in [-0.25, -0.2) is 9.59 Å². The van der Waals surface area contributed by atoms with E-state index in [1.807, 2.05) is 14.1 Å². The predicted octanol–water partition coefficient (Wildman–Crippen LogP) is 1.26. The van der Waals surface area contributed by atoms with Crippen molar-refractivity contribution in [1.29, 1.82) is 0 Å². The summed E-state index contributed by atoms with van der Waals surface area (Å²) in [5, 5.41) is 14.2. The molecule has 0 unspecified atom stereocenters. The van der Waals surface area contributed by atoms with E-state index >= 15 is 0 Å². The summed E-state index contributed by atoms with van der Waals surface area (Å²) in [5.74, 6) is -0.842. The van der Waals surface area contributed by atoms with Gasteiger partial charge in [-0.1, -0.05) is 0 Å². The second-order valence-electron chi connectivity index (χ2n) is 5.58. The van der Waals surface area contributed by atoms with E-state index in [1.54, 1.807) is 0 Å². The van der Waals surface area contributed by atoms with E-state index in [2.05, 4.69) is 15.5 Å². The molecule has 0 radical (unpaired) electrons. The van der Waals surface area contributed by atoms with Gasteiger partial charge in [0.2, 0.25) is 5.76 Å². The quantitative estimate of drug-likeness (QED) is 0.734. The number of carbonyl (C=O) groups is 2. The van der Waals surface area contributed by atoms with Crippen molar-refractivity contribution in [2.45, 2.75) is 31.3 Å². The minimum atomic E-state index is -1.12. The van der Waals surface area contributed by atoms with Crippen LogP contribution in [0.4, 0.5) is 4.79 Å². The van der Waals surface area contributed by atoms with Crippen molar-refractivity contribution in [3.05, 3.63) is 23.7 Å². The van der Waals surface area contributed by atoms with Gasteiger partial charge in [0.15, 0.2) is 0 Å². The van der Waals surface area contributed by atoms with Crippen LogP contribution >= 0.6 is 0 Å². The lowest BCUT2D eigenvalue weighted by Crippen LogP contribution is -2.58. The molecule has 2 amide bonds. The number of hydrogen-bond acceptors (Lipinski definition) is 4. The van der Waals surface area contributed by atoms with Crippen molar-refractivity contribution in [3.63, 3.8) is 0 Å². The van der Waals surface area contributed by atoms with Crippen molar-refractivity contribution in [2.75, 3.05) is 20.6 Å². The van der Waals surface area contributed by atoms with Gasteiger partial charge < -0.3 is 25.1 Å². The Balaban J connectivity index is 1.75. The number of aromatic carboxylic acids is 1. The molecule has 1 fully saturated rings. The molecule has 1 aliphatic carbocycles. The van der Waals surface area contributed by atoms with Gasteiger partial charge in [-0.05, 0) is 45.5 Å². The van der Waals surface area contributed by atoms with Gasteiger partial charge in [0.05, 0.1) is 6.54 Å². The lowest BCUT2D eigenvalue weighted by atomic mass is 9.75. The molecule has 0 bridgehead atoms. The number of amides is 2. The predicted molar refractivity (Wildman–Crippen MR) is 76.2 cm³/mol. The third-order valence-electron chi connectivity index (χ3n) is 4.11. The molecule has 7 nitrogen and oxygen atoms in total. The van der Waals surface area contributed by atoms with E-state index in [-0.39, 0.29) is 23.9 Å². The van der Waals surface area contributed by atoms with Crippen LogP contribution in [-0.4, -0.2) is 48.2 Å². The van der Waals surface area contributed by atoms with Crippen molar-refractivity contribution < 1.29 is 19.1 Å². The summed E-state index contributed by atoms with van der Waals surface area (Å²) in [5.41, 5.74) is 0.0680. The number of likely N-dealkylation sites (N-methyl/N-ethyl adjacent to an activating group) is 1. The van der Waals surface area contributed by atoms with E-state index in [1.165, 1.54) is 18.6 Å². The first-order chi connectivity index (χ1) is 9.93. The van der Waals surface area contributed by atoms with Gasteiger partial charge in [0.25, 0.3) is 0 Å². The van der Waals surface area contributed by atoms with E-state index in [0.29, 0.717) is 12.3 Å². The summed E-state index contributed by atoms with van der Waals surface area (Å²) < 4.78 is 5.06. The van der Waals surface area contributed by atoms with E-state index in [4.69, 9.17) is 9.52 Å². The highest BCUT2D eigenvalue weighted by molar-refractivity contribution is 5.84. The maximum Gasteiger partial charge on any atom is 0.371 e. The van der Waals surface area contributed by atoms with Gasteiger partial charge in [0, 0.05) is 12.1 Å². The Labute approximate surface area is 123 Å². The van der Waals surface area contributed by atoms with Gasteiger partial charge in [-0.2, -0.15) is 0 Å². The van der Waals surface area contributed by atoms with Gasteiger partial charge in [-0.15, -0.1) is 0 Å². The van der Waals surface area contributed by atoms with Crippen LogP contribution in [-0.2, 0) is 6.54 Å². The first-order valence-corrected chi connectivity index (χ1v) is 6.94. The van der Waals surface area contributed by atoms with Crippen LogP contribution in [0.2, 0.25) is 0 Å². The molecule has 0 aliphatic heterocycles. The van der Waals surface area contributed by atoms with E-state index in [0.717, 1.165) is 12.8 Å². The number of nitrogens with zero attached hydrogens (tertiary/aromatic N) is 1. The monoisotopic (exact) mass is 295 g/mol. The van der Waals surface area contributed by atoms with Gasteiger partial charge in [0.1, 0.15) is 5.76 Å². The minimum absolute atomic E-state index is 0.0680. The minimum Gasteiger partial charge on any atom is -0.475 e. The maximum atomic E-state index is 11.8. The number of carbonyl (C=O) groups excluding carboxylic acids is 1. The zero-order valence-electron chi connectivity index (χ0n) is 12.3. The van der Waals surface area contributed by atoms with Gasteiger partial charge in [-0.3, -0.25) is 0 Å². The van der Waals surface area contributed by atoms with E-state index < -0.39 is 5.97 Å². The fraction of sp³-hybridized carbons (Fsp3) is 0.571. The fourth-order valence-electron chi connectivity index (χ4n) is 2.43. The smallest absolute Gasteiger partial charge is 0.371 e. The first kappa shape index (κ1) is 15.4. The van der Waals surface area contributed by atoms with Crippen molar-refractivity contribution in [1.82, 2.24) is 15.5 Å². The molecular formula is C14H21N3O4. The average molecular weight is 295 g/mol. The number of rotatable bonds is 6. The number of hydrogen-bond donors (Lipinski definition) is 3. The number of furan rings is 1. The zero-order valence-corrected chi connectivity index (χ0v) is 12.3. The molecule has 1 saturated carbocycles. The van der Waals surface area contributed by atoms with Crippen molar-refractivity contribution in [2.24, 2.45) is 0 Å². The fourth-order valence-corrected chi connectivity index (χ4v) is 2.43. The molecule has 0 saturated heterocycles. The molecule has 1 aliphatic rings. The topological polar surface area (TPSA) is 94.8 Å². The highest BCUT2D eigenvalue weighted by atomic mass is 16.4. The Morgan fingerprint density at radius 3 is 2.52 bits per heavy atom. The molecule has 21 heavy (non-hydrogen) atoms. The SMILES string of the molecule is CN(C)C1(CNC(=O)NCc2ccc(C(=O)O)o2)CCC1. The molecule has 0 aromatic carbocycles. The Kier molecular flexibility index (Phi) is 4.52. The molecule has 0 atom stereocenters. The first-order valence-electron chi connectivity index (χ1n) is 6.94. The highest BCUT2D eigenvalue weighted by Gasteiger charge is 2.39. The average Bonchev–Trinajstić information content (AvgIpc) is 2.83. The summed E-state index contributed by atoms with van der Waals surface area (Å²) in [6, 6.07) is 2.63. The molecule has 7 heteroatoms. The zero-order chi connectivity index (χ0) is 15.5. The summed E-state index contributed by atoms with van der Waals surface area (Å²) >= 11 is 0. The number of carboxylic acids is 1. The summed E-state index contributed by atoms with van der Waals surface area (Å²) in [6.45, 7) is 0.762. The Morgan fingerprint density at radius 1 is 1.33 bits per heavy atom. The third kappa shape index (κ3) is 3.55. The lowest BCUT2D eigenvalue weighted by molar-refractivity contribution is 0.0624. The van der Waals surface area contributed by atoms with Crippen LogP contribution < -0.4 is 10.6 Å². The molecule has 116 valence electrons. The number of nitrogens with one attached hydrogen (secondary N) is 2. The lowest BCUT2D eigenvalue weighted by Gasteiger charge is -2.47. The van der Waals surface area contributed by atoms with Crippen LogP contribution in [0, 0.1) is 0 Å². The summed E-state index contributed by atoms with van der Waals surface area (Å²) in [4.78, 5) is 24.6. The van der Waals surface area contributed by atoms with Gasteiger partial charge >= 0.3 is 12.0 Å².